The third-order valence-electron chi connectivity index (χ3n) is 4.94. The summed E-state index contributed by atoms with van der Waals surface area (Å²) in [5.41, 5.74) is 1.69. The van der Waals surface area contributed by atoms with Crippen molar-refractivity contribution in [2.45, 2.75) is 38.6 Å². The Labute approximate surface area is 147 Å². The van der Waals surface area contributed by atoms with Crippen LogP contribution in [0.5, 0.6) is 0 Å². The first-order valence-corrected chi connectivity index (χ1v) is 9.02. The monoisotopic (exact) mass is 349 g/mol. The summed E-state index contributed by atoms with van der Waals surface area (Å²) in [7, 11) is 0. The maximum atomic E-state index is 12.2. The molecule has 0 bridgehead atoms. The van der Waals surface area contributed by atoms with E-state index < -0.39 is 0 Å². The molecule has 24 heavy (non-hydrogen) atoms. The molecule has 1 aromatic carbocycles. The second kappa shape index (κ2) is 7.53. The van der Waals surface area contributed by atoms with E-state index in [9.17, 15) is 9.59 Å². The Balaban J connectivity index is 1.49. The molecule has 2 aliphatic rings. The minimum atomic E-state index is -0.115. The summed E-state index contributed by atoms with van der Waals surface area (Å²) in [5.74, 6) is -0.164. The molecule has 0 aliphatic carbocycles. The fraction of sp³-hybridized carbons (Fsp3) is 0.556. The van der Waals surface area contributed by atoms with Crippen molar-refractivity contribution < 1.29 is 9.59 Å². The number of anilines is 1. The van der Waals surface area contributed by atoms with Gasteiger partial charge in [-0.15, -0.1) is 0 Å². The van der Waals surface area contributed by atoms with Crippen molar-refractivity contribution >= 4 is 29.1 Å². The second-order valence-corrected chi connectivity index (χ2v) is 7.10. The molecule has 1 N–H and O–H groups in total. The van der Waals surface area contributed by atoms with Crippen molar-refractivity contribution in [1.29, 1.82) is 0 Å². The number of nitrogens with zero attached hydrogens (tertiary/aromatic N) is 2. The third kappa shape index (κ3) is 3.90. The van der Waals surface area contributed by atoms with Gasteiger partial charge in [-0.1, -0.05) is 18.0 Å². The number of hydrogen-bond donors (Lipinski definition) is 1. The lowest BCUT2D eigenvalue weighted by atomic mass is 10.0. The van der Waals surface area contributed by atoms with Crippen molar-refractivity contribution in [3.8, 4) is 0 Å². The number of piperidine rings is 1. The van der Waals surface area contributed by atoms with E-state index in [1.165, 1.54) is 19.3 Å². The molecule has 5 nitrogen and oxygen atoms in total. The van der Waals surface area contributed by atoms with Gasteiger partial charge < -0.3 is 10.2 Å². The van der Waals surface area contributed by atoms with E-state index in [-0.39, 0.29) is 18.4 Å². The van der Waals surface area contributed by atoms with Gasteiger partial charge in [0.1, 0.15) is 6.54 Å². The van der Waals surface area contributed by atoms with Crippen LogP contribution in [0.3, 0.4) is 0 Å². The summed E-state index contributed by atoms with van der Waals surface area (Å²) < 4.78 is 0. The van der Waals surface area contributed by atoms with Gasteiger partial charge in [0.05, 0.1) is 6.42 Å². The maximum absolute atomic E-state index is 12.2. The number of likely N-dealkylation sites (tertiary alicyclic amines) is 1. The molecule has 1 fully saturated rings. The average molecular weight is 350 g/mol. The van der Waals surface area contributed by atoms with Gasteiger partial charge in [0, 0.05) is 29.8 Å². The molecular weight excluding hydrogens is 326 g/mol. The fourth-order valence-corrected chi connectivity index (χ4v) is 3.75. The maximum Gasteiger partial charge on any atom is 0.240 e. The zero-order chi connectivity index (χ0) is 17.1. The van der Waals surface area contributed by atoms with E-state index in [4.69, 9.17) is 11.6 Å². The van der Waals surface area contributed by atoms with Gasteiger partial charge in [0.25, 0.3) is 0 Å². The van der Waals surface area contributed by atoms with E-state index in [1.54, 1.807) is 17.0 Å². The van der Waals surface area contributed by atoms with Gasteiger partial charge in [0.2, 0.25) is 11.8 Å². The molecule has 0 radical (unpaired) electrons. The van der Waals surface area contributed by atoms with Crippen LogP contribution in [-0.2, 0) is 16.0 Å². The topological polar surface area (TPSA) is 52.7 Å². The van der Waals surface area contributed by atoms with Crippen LogP contribution in [-0.4, -0.2) is 48.9 Å². The Morgan fingerprint density at radius 1 is 1.38 bits per heavy atom. The highest BCUT2D eigenvalue weighted by molar-refractivity contribution is 6.31. The predicted molar refractivity (Wildman–Crippen MR) is 95.4 cm³/mol. The van der Waals surface area contributed by atoms with Crippen LogP contribution in [0.2, 0.25) is 5.02 Å². The van der Waals surface area contributed by atoms with Gasteiger partial charge in [-0.3, -0.25) is 14.5 Å². The van der Waals surface area contributed by atoms with Crippen molar-refractivity contribution in [3.05, 3.63) is 28.8 Å². The smallest absolute Gasteiger partial charge is 0.240 e. The van der Waals surface area contributed by atoms with E-state index in [2.05, 4.69) is 17.1 Å². The first kappa shape index (κ1) is 17.2. The van der Waals surface area contributed by atoms with Gasteiger partial charge in [-0.05, 0) is 50.1 Å². The highest BCUT2D eigenvalue weighted by Crippen LogP contribution is 2.30. The van der Waals surface area contributed by atoms with E-state index in [1.807, 2.05) is 6.07 Å². The van der Waals surface area contributed by atoms with E-state index in [0.717, 1.165) is 24.3 Å². The molecule has 0 saturated carbocycles. The van der Waals surface area contributed by atoms with Crippen LogP contribution in [0.25, 0.3) is 0 Å². The molecular formula is C18H24ClN3O2. The SMILES string of the molecule is CC1CCCCN1CCNC(=O)CN1C(=O)Cc2cc(Cl)ccc21. The van der Waals surface area contributed by atoms with Crippen LogP contribution in [0, 0.1) is 0 Å². The van der Waals surface area contributed by atoms with Crippen LogP contribution < -0.4 is 10.2 Å². The van der Waals surface area contributed by atoms with Crippen LogP contribution in [0.1, 0.15) is 31.7 Å². The summed E-state index contributed by atoms with van der Waals surface area (Å²) in [6, 6.07) is 5.95. The Morgan fingerprint density at radius 2 is 2.21 bits per heavy atom. The summed E-state index contributed by atoms with van der Waals surface area (Å²) in [6.45, 7) is 4.91. The zero-order valence-electron chi connectivity index (χ0n) is 14.1. The summed E-state index contributed by atoms with van der Waals surface area (Å²) in [4.78, 5) is 28.3. The lowest BCUT2D eigenvalue weighted by Crippen LogP contribution is -2.44. The standard InChI is InChI=1S/C18H24ClN3O2/c1-13-4-2-3-8-21(13)9-7-20-17(23)12-22-16-6-5-15(19)10-14(16)11-18(22)24/h5-6,10,13H,2-4,7-9,11-12H2,1H3,(H,20,23). The lowest BCUT2D eigenvalue weighted by Gasteiger charge is -2.33. The number of fused-ring (bicyclic) bond motifs is 1. The van der Waals surface area contributed by atoms with Crippen LogP contribution >= 0.6 is 11.6 Å². The molecule has 2 amide bonds. The Kier molecular flexibility index (Phi) is 5.41. The van der Waals surface area contributed by atoms with Gasteiger partial charge in [-0.2, -0.15) is 0 Å². The molecule has 1 saturated heterocycles. The van der Waals surface area contributed by atoms with Gasteiger partial charge in [-0.25, -0.2) is 0 Å². The summed E-state index contributed by atoms with van der Waals surface area (Å²) >= 11 is 5.96. The number of carbonyl (C=O) groups excluding carboxylic acids is 2. The fourth-order valence-electron chi connectivity index (χ4n) is 3.55. The van der Waals surface area contributed by atoms with Crippen molar-refractivity contribution in [2.75, 3.05) is 31.1 Å². The second-order valence-electron chi connectivity index (χ2n) is 6.66. The predicted octanol–water partition coefficient (Wildman–Crippen LogP) is 2.22. The Hall–Kier alpha value is -1.59. The Morgan fingerprint density at radius 3 is 3.00 bits per heavy atom. The number of halogens is 1. The average Bonchev–Trinajstić information content (AvgIpc) is 2.84. The number of benzene rings is 1. The molecule has 6 heteroatoms. The third-order valence-corrected chi connectivity index (χ3v) is 5.17. The largest absolute Gasteiger partial charge is 0.353 e. The molecule has 2 aliphatic heterocycles. The molecule has 1 atom stereocenters. The highest BCUT2D eigenvalue weighted by Gasteiger charge is 2.28. The summed E-state index contributed by atoms with van der Waals surface area (Å²) in [6.07, 6.45) is 4.08. The first-order valence-electron chi connectivity index (χ1n) is 8.64. The van der Waals surface area contributed by atoms with Gasteiger partial charge >= 0.3 is 0 Å². The van der Waals surface area contributed by atoms with Crippen molar-refractivity contribution in [2.24, 2.45) is 0 Å². The number of hydrogen-bond acceptors (Lipinski definition) is 3. The minimum Gasteiger partial charge on any atom is -0.353 e. The molecule has 3 rings (SSSR count). The van der Waals surface area contributed by atoms with Crippen LogP contribution in [0.4, 0.5) is 5.69 Å². The molecule has 0 aromatic heterocycles. The number of carbonyl (C=O) groups is 2. The van der Waals surface area contributed by atoms with Gasteiger partial charge in [0.15, 0.2) is 0 Å². The van der Waals surface area contributed by atoms with E-state index >= 15 is 0 Å². The summed E-state index contributed by atoms with van der Waals surface area (Å²) in [5, 5.41) is 3.55. The zero-order valence-corrected chi connectivity index (χ0v) is 14.8. The van der Waals surface area contributed by atoms with Crippen LogP contribution in [0.15, 0.2) is 18.2 Å². The van der Waals surface area contributed by atoms with Crippen molar-refractivity contribution in [3.63, 3.8) is 0 Å². The molecule has 0 spiro atoms. The minimum absolute atomic E-state index is 0.0490. The first-order chi connectivity index (χ1) is 11.5. The highest BCUT2D eigenvalue weighted by atomic mass is 35.5. The molecule has 1 unspecified atom stereocenters. The number of nitrogens with one attached hydrogen (secondary N) is 1. The lowest BCUT2D eigenvalue weighted by molar-refractivity contribution is -0.123. The van der Waals surface area contributed by atoms with Crippen molar-refractivity contribution in [1.82, 2.24) is 10.2 Å². The molecule has 1 aromatic rings. The Bertz CT molecular complexity index is 635. The number of amides is 2. The molecule has 130 valence electrons. The van der Waals surface area contributed by atoms with E-state index in [0.29, 0.717) is 24.0 Å². The molecule has 2 heterocycles. The quantitative estimate of drug-likeness (QED) is 0.886. The normalized spacial score (nSPS) is 21.0. The number of rotatable bonds is 5.